The zero-order valence-corrected chi connectivity index (χ0v) is 20.4. The summed E-state index contributed by atoms with van der Waals surface area (Å²) in [5.41, 5.74) is 0.157. The molecule has 0 fully saturated rings. The molecule has 0 unspecified atom stereocenters. The van der Waals surface area contributed by atoms with Gasteiger partial charge in [-0.15, -0.1) is 0 Å². The molecule has 0 saturated carbocycles. The fraction of sp³-hybridized carbons (Fsp3) is 0.692. The summed E-state index contributed by atoms with van der Waals surface area (Å²) in [5, 5.41) is 0.221. The number of halogens is 2. The van der Waals surface area contributed by atoms with Gasteiger partial charge in [0.1, 0.15) is 12.4 Å². The van der Waals surface area contributed by atoms with Crippen LogP contribution >= 0.6 is 11.6 Å². The Morgan fingerprint density at radius 1 is 0.781 bits per heavy atom. The molecule has 0 heterocycles. The summed E-state index contributed by atoms with van der Waals surface area (Å²) in [4.78, 5) is 23.5. The van der Waals surface area contributed by atoms with Gasteiger partial charge in [0.25, 0.3) is 0 Å². The molecule has 0 aromatic heterocycles. The molecule has 182 valence electrons. The SMILES string of the molecule is CCCCCCCCCCCCCCOC(=O)CCCC(=O)OCc1c(F)cccc1Cl. The van der Waals surface area contributed by atoms with Gasteiger partial charge in [-0.05, 0) is 25.0 Å². The van der Waals surface area contributed by atoms with Crippen LogP contribution < -0.4 is 0 Å². The second kappa shape index (κ2) is 18.9. The smallest absolute Gasteiger partial charge is 0.306 e. The first-order chi connectivity index (χ1) is 15.5. The van der Waals surface area contributed by atoms with Crippen molar-refractivity contribution >= 4 is 23.5 Å². The highest BCUT2D eigenvalue weighted by Crippen LogP contribution is 2.20. The number of hydrogen-bond donors (Lipinski definition) is 0. The van der Waals surface area contributed by atoms with Crippen molar-refractivity contribution in [2.75, 3.05) is 6.61 Å². The molecule has 1 aromatic carbocycles. The molecule has 0 aliphatic carbocycles. The van der Waals surface area contributed by atoms with Gasteiger partial charge in [-0.2, -0.15) is 0 Å². The normalized spacial score (nSPS) is 10.8. The second-order valence-corrected chi connectivity index (χ2v) is 8.73. The summed E-state index contributed by atoms with van der Waals surface area (Å²) in [6, 6.07) is 4.30. The fourth-order valence-electron chi connectivity index (χ4n) is 3.47. The average Bonchev–Trinajstić information content (AvgIpc) is 2.76. The van der Waals surface area contributed by atoms with Crippen molar-refractivity contribution in [3.05, 3.63) is 34.6 Å². The van der Waals surface area contributed by atoms with Crippen LogP contribution in [0.1, 0.15) is 109 Å². The molecule has 0 spiro atoms. The predicted molar refractivity (Wildman–Crippen MR) is 127 cm³/mol. The molecule has 6 heteroatoms. The quantitative estimate of drug-likeness (QED) is 0.152. The molecular weight excluding hydrogens is 431 g/mol. The standard InChI is InChI=1S/C26H40ClFO4/c1-2-3-4-5-6-7-8-9-10-11-12-13-20-31-25(29)18-15-19-26(30)32-21-22-23(27)16-14-17-24(22)28/h14,16-17H,2-13,15,18-21H2,1H3. The van der Waals surface area contributed by atoms with Crippen molar-refractivity contribution in [2.24, 2.45) is 0 Å². The van der Waals surface area contributed by atoms with Gasteiger partial charge < -0.3 is 9.47 Å². The third-order valence-corrected chi connectivity index (χ3v) is 5.82. The number of hydrogen-bond acceptors (Lipinski definition) is 4. The van der Waals surface area contributed by atoms with Crippen LogP contribution in [0.4, 0.5) is 4.39 Å². The molecule has 0 atom stereocenters. The summed E-state index contributed by atoms with van der Waals surface area (Å²) >= 11 is 5.89. The van der Waals surface area contributed by atoms with Crippen LogP contribution in [0.5, 0.6) is 0 Å². The van der Waals surface area contributed by atoms with Crippen LogP contribution in [0, 0.1) is 5.82 Å². The van der Waals surface area contributed by atoms with E-state index in [1.54, 1.807) is 6.07 Å². The van der Waals surface area contributed by atoms with Crippen LogP contribution in [0.25, 0.3) is 0 Å². The van der Waals surface area contributed by atoms with Crippen LogP contribution in [-0.4, -0.2) is 18.5 Å². The average molecular weight is 471 g/mol. The highest BCUT2D eigenvalue weighted by Gasteiger charge is 2.11. The summed E-state index contributed by atoms with van der Waals surface area (Å²) in [5.74, 6) is -1.29. The lowest BCUT2D eigenvalue weighted by Crippen LogP contribution is -2.09. The number of benzene rings is 1. The molecule has 0 saturated heterocycles. The topological polar surface area (TPSA) is 52.6 Å². The van der Waals surface area contributed by atoms with E-state index in [-0.39, 0.29) is 36.0 Å². The Balaban J connectivity index is 1.91. The van der Waals surface area contributed by atoms with Gasteiger partial charge in [-0.3, -0.25) is 9.59 Å². The monoisotopic (exact) mass is 470 g/mol. The van der Waals surface area contributed by atoms with E-state index in [0.717, 1.165) is 12.8 Å². The maximum absolute atomic E-state index is 13.6. The number of carbonyl (C=O) groups is 2. The first kappa shape index (κ1) is 28.4. The van der Waals surface area contributed by atoms with Crippen LogP contribution in [-0.2, 0) is 25.7 Å². The summed E-state index contributed by atoms with van der Waals surface area (Å²) < 4.78 is 23.9. The third kappa shape index (κ3) is 14.4. The Morgan fingerprint density at radius 2 is 1.31 bits per heavy atom. The molecule has 0 bridgehead atoms. The number of ether oxygens (including phenoxy) is 2. The Kier molecular flexibility index (Phi) is 16.8. The number of rotatable bonds is 19. The van der Waals surface area contributed by atoms with Crippen molar-refractivity contribution in [3.8, 4) is 0 Å². The third-order valence-electron chi connectivity index (χ3n) is 5.46. The van der Waals surface area contributed by atoms with E-state index in [1.165, 1.54) is 76.3 Å². The minimum Gasteiger partial charge on any atom is -0.466 e. The van der Waals surface area contributed by atoms with E-state index in [4.69, 9.17) is 21.1 Å². The molecule has 0 N–H and O–H groups in total. The number of unbranched alkanes of at least 4 members (excludes halogenated alkanes) is 11. The van der Waals surface area contributed by atoms with Crippen molar-refractivity contribution in [1.29, 1.82) is 0 Å². The zero-order chi connectivity index (χ0) is 23.4. The Labute approximate surface area is 198 Å². The van der Waals surface area contributed by atoms with Crippen molar-refractivity contribution in [3.63, 3.8) is 0 Å². The van der Waals surface area contributed by atoms with E-state index < -0.39 is 11.8 Å². The van der Waals surface area contributed by atoms with Gasteiger partial charge in [0, 0.05) is 18.4 Å². The van der Waals surface area contributed by atoms with Crippen molar-refractivity contribution in [1.82, 2.24) is 0 Å². The van der Waals surface area contributed by atoms with E-state index in [2.05, 4.69) is 6.92 Å². The molecule has 0 radical (unpaired) electrons. The highest BCUT2D eigenvalue weighted by molar-refractivity contribution is 6.31. The Hall–Kier alpha value is -1.62. The van der Waals surface area contributed by atoms with Gasteiger partial charge in [0.15, 0.2) is 0 Å². The van der Waals surface area contributed by atoms with E-state index >= 15 is 0 Å². The lowest BCUT2D eigenvalue weighted by atomic mass is 10.1. The van der Waals surface area contributed by atoms with E-state index in [0.29, 0.717) is 13.0 Å². The molecule has 1 aromatic rings. The minimum atomic E-state index is -0.508. The molecule has 0 aliphatic heterocycles. The molecular formula is C26H40ClFO4. The largest absolute Gasteiger partial charge is 0.466 e. The molecule has 32 heavy (non-hydrogen) atoms. The number of carbonyl (C=O) groups excluding carboxylic acids is 2. The molecule has 4 nitrogen and oxygen atoms in total. The van der Waals surface area contributed by atoms with Crippen LogP contribution in [0.3, 0.4) is 0 Å². The minimum absolute atomic E-state index is 0.0831. The van der Waals surface area contributed by atoms with Gasteiger partial charge in [0.05, 0.1) is 11.6 Å². The predicted octanol–water partition coefficient (Wildman–Crippen LogP) is 7.94. The first-order valence-corrected chi connectivity index (χ1v) is 12.7. The van der Waals surface area contributed by atoms with E-state index in [9.17, 15) is 14.0 Å². The van der Waals surface area contributed by atoms with Crippen molar-refractivity contribution < 1.29 is 23.5 Å². The maximum atomic E-state index is 13.6. The Bertz CT molecular complexity index is 630. The zero-order valence-electron chi connectivity index (χ0n) is 19.6. The fourth-order valence-corrected chi connectivity index (χ4v) is 3.69. The first-order valence-electron chi connectivity index (χ1n) is 12.3. The molecule has 0 amide bonds. The van der Waals surface area contributed by atoms with Gasteiger partial charge >= 0.3 is 11.9 Å². The van der Waals surface area contributed by atoms with Gasteiger partial charge in [-0.1, -0.05) is 95.2 Å². The summed E-state index contributed by atoms with van der Waals surface area (Å²) in [6.45, 7) is 2.47. The van der Waals surface area contributed by atoms with Crippen LogP contribution in [0.15, 0.2) is 18.2 Å². The van der Waals surface area contributed by atoms with E-state index in [1.807, 2.05) is 0 Å². The van der Waals surface area contributed by atoms with Gasteiger partial charge in [0.2, 0.25) is 0 Å². The van der Waals surface area contributed by atoms with Crippen LogP contribution in [0.2, 0.25) is 5.02 Å². The number of esters is 2. The highest BCUT2D eigenvalue weighted by atomic mass is 35.5. The lowest BCUT2D eigenvalue weighted by Gasteiger charge is -2.08. The Morgan fingerprint density at radius 3 is 1.88 bits per heavy atom. The molecule has 1 rings (SSSR count). The summed E-state index contributed by atoms with van der Waals surface area (Å²) in [6.07, 6.45) is 15.8. The van der Waals surface area contributed by atoms with Gasteiger partial charge in [-0.25, -0.2) is 4.39 Å². The molecule has 0 aliphatic rings. The second-order valence-electron chi connectivity index (χ2n) is 8.32. The lowest BCUT2D eigenvalue weighted by molar-refractivity contribution is -0.146. The summed E-state index contributed by atoms with van der Waals surface area (Å²) in [7, 11) is 0. The van der Waals surface area contributed by atoms with Crippen molar-refractivity contribution in [2.45, 2.75) is 110 Å². The maximum Gasteiger partial charge on any atom is 0.306 e.